The van der Waals surface area contributed by atoms with E-state index in [1.807, 2.05) is 0 Å². The lowest BCUT2D eigenvalue weighted by Gasteiger charge is -2.19. The highest BCUT2D eigenvalue weighted by Gasteiger charge is 2.18. The summed E-state index contributed by atoms with van der Waals surface area (Å²) in [7, 11) is 0. The first-order valence-corrected chi connectivity index (χ1v) is 7.40. The third kappa shape index (κ3) is 4.15. The molecule has 3 nitrogen and oxygen atoms in total. The van der Waals surface area contributed by atoms with E-state index < -0.39 is 5.97 Å². The molecule has 0 amide bonds. The molecule has 1 fully saturated rings. The van der Waals surface area contributed by atoms with Gasteiger partial charge in [-0.25, -0.2) is 4.79 Å². The highest BCUT2D eigenvalue weighted by atomic mass is 35.5. The van der Waals surface area contributed by atoms with Gasteiger partial charge in [-0.05, 0) is 43.0 Å². The van der Waals surface area contributed by atoms with Gasteiger partial charge in [0.05, 0.1) is 5.02 Å². The first-order chi connectivity index (χ1) is 9.56. The van der Waals surface area contributed by atoms with Crippen molar-refractivity contribution < 1.29 is 14.6 Å². The van der Waals surface area contributed by atoms with E-state index in [1.165, 1.54) is 12.5 Å². The van der Waals surface area contributed by atoms with Crippen LogP contribution in [-0.4, -0.2) is 11.1 Å². The molecule has 1 aliphatic carbocycles. The second-order valence-electron chi connectivity index (χ2n) is 4.91. The average Bonchev–Trinajstić information content (AvgIpc) is 2.42. The topological polar surface area (TPSA) is 46.5 Å². The second kappa shape index (κ2) is 7.00. The summed E-state index contributed by atoms with van der Waals surface area (Å²) in [5, 5.41) is 10.0. The molecule has 0 heterocycles. The molecule has 0 aromatic heterocycles. The minimum atomic E-state index is -1.08. The minimum Gasteiger partial charge on any atom is -0.475 e. The van der Waals surface area contributed by atoms with Crippen molar-refractivity contribution in [2.24, 2.45) is 5.92 Å². The molecule has 0 aliphatic heterocycles. The van der Waals surface area contributed by atoms with E-state index >= 15 is 0 Å². The molecular weight excluding hydrogens is 299 g/mol. The fourth-order valence-corrected chi connectivity index (χ4v) is 2.79. The monoisotopic (exact) mass is 314 g/mol. The second-order valence-corrected chi connectivity index (χ2v) is 5.75. The molecule has 1 aromatic rings. The van der Waals surface area contributed by atoms with E-state index in [9.17, 15) is 9.90 Å². The van der Waals surface area contributed by atoms with Gasteiger partial charge in [0, 0.05) is 5.02 Å². The average molecular weight is 315 g/mol. The standard InChI is InChI=1S/C15H16Cl2O3/c16-11-6-7-13(12(17)9-11)20-14(15(18)19)8-10-4-2-1-3-5-10/h6-10H,1-5H2,(H,18,19). The molecule has 2 rings (SSSR count). The van der Waals surface area contributed by atoms with Gasteiger partial charge in [0.15, 0.2) is 0 Å². The van der Waals surface area contributed by atoms with Crippen molar-refractivity contribution in [3.8, 4) is 5.75 Å². The van der Waals surface area contributed by atoms with E-state index in [0.29, 0.717) is 15.8 Å². The normalized spacial score (nSPS) is 17.0. The summed E-state index contributed by atoms with van der Waals surface area (Å²) in [5.74, 6) is -0.579. The van der Waals surface area contributed by atoms with Crippen LogP contribution in [0.5, 0.6) is 5.75 Å². The SMILES string of the molecule is O=C(O)C(=CC1CCCCC1)Oc1ccc(Cl)cc1Cl. The van der Waals surface area contributed by atoms with E-state index in [-0.39, 0.29) is 11.7 Å². The maximum atomic E-state index is 11.3. The van der Waals surface area contributed by atoms with Crippen LogP contribution < -0.4 is 4.74 Å². The Labute approximate surface area is 128 Å². The fraction of sp³-hybridized carbons (Fsp3) is 0.400. The molecule has 108 valence electrons. The summed E-state index contributed by atoms with van der Waals surface area (Å²) in [6.45, 7) is 0. The van der Waals surface area contributed by atoms with Crippen LogP contribution in [0, 0.1) is 5.92 Å². The van der Waals surface area contributed by atoms with Gasteiger partial charge in [-0.1, -0.05) is 42.5 Å². The Bertz CT molecular complexity index is 520. The van der Waals surface area contributed by atoms with Crippen molar-refractivity contribution >= 4 is 29.2 Å². The van der Waals surface area contributed by atoms with Crippen molar-refractivity contribution in [1.29, 1.82) is 0 Å². The number of carboxylic acids is 1. The number of allylic oxidation sites excluding steroid dienone is 1. The Kier molecular flexibility index (Phi) is 5.32. The predicted octanol–water partition coefficient (Wildman–Crippen LogP) is 4.92. The zero-order valence-electron chi connectivity index (χ0n) is 10.9. The summed E-state index contributed by atoms with van der Waals surface area (Å²) in [4.78, 5) is 11.3. The molecule has 0 saturated heterocycles. The lowest BCUT2D eigenvalue weighted by atomic mass is 9.89. The van der Waals surface area contributed by atoms with Gasteiger partial charge in [-0.2, -0.15) is 0 Å². The molecule has 0 bridgehead atoms. The minimum absolute atomic E-state index is 0.0684. The number of hydrogen-bond acceptors (Lipinski definition) is 2. The Morgan fingerprint density at radius 1 is 1.25 bits per heavy atom. The maximum Gasteiger partial charge on any atom is 0.371 e. The quantitative estimate of drug-likeness (QED) is 0.633. The van der Waals surface area contributed by atoms with E-state index in [0.717, 1.165) is 25.7 Å². The summed E-state index contributed by atoms with van der Waals surface area (Å²) < 4.78 is 5.44. The van der Waals surface area contributed by atoms with Crippen molar-refractivity contribution in [2.75, 3.05) is 0 Å². The molecule has 5 heteroatoms. The summed E-state index contributed by atoms with van der Waals surface area (Å²) >= 11 is 11.8. The van der Waals surface area contributed by atoms with Crippen molar-refractivity contribution in [3.63, 3.8) is 0 Å². The number of carboxylic acid groups (broad SMARTS) is 1. The van der Waals surface area contributed by atoms with Crippen LogP contribution in [-0.2, 0) is 4.79 Å². The highest BCUT2D eigenvalue weighted by Crippen LogP contribution is 2.30. The molecule has 1 aromatic carbocycles. The number of aliphatic carboxylic acids is 1. The van der Waals surface area contributed by atoms with Gasteiger partial charge in [0.1, 0.15) is 5.75 Å². The van der Waals surface area contributed by atoms with Crippen LogP contribution in [0.1, 0.15) is 32.1 Å². The van der Waals surface area contributed by atoms with Crippen molar-refractivity contribution in [3.05, 3.63) is 40.1 Å². The summed E-state index contributed by atoms with van der Waals surface area (Å²) in [5.41, 5.74) is 0. The van der Waals surface area contributed by atoms with Crippen molar-refractivity contribution in [1.82, 2.24) is 0 Å². The lowest BCUT2D eigenvalue weighted by Crippen LogP contribution is -2.12. The molecule has 1 aliphatic rings. The summed E-state index contributed by atoms with van der Waals surface area (Å²) in [6.07, 6.45) is 7.21. The molecule has 1 N–H and O–H groups in total. The van der Waals surface area contributed by atoms with Gasteiger partial charge < -0.3 is 9.84 Å². The van der Waals surface area contributed by atoms with Crippen LogP contribution in [0.25, 0.3) is 0 Å². The number of benzene rings is 1. The molecule has 0 atom stereocenters. The van der Waals surface area contributed by atoms with E-state index in [1.54, 1.807) is 18.2 Å². The number of carbonyl (C=O) groups is 1. The van der Waals surface area contributed by atoms with Crippen LogP contribution in [0.15, 0.2) is 30.0 Å². The van der Waals surface area contributed by atoms with Crippen LogP contribution in [0.2, 0.25) is 10.0 Å². The Morgan fingerprint density at radius 3 is 2.55 bits per heavy atom. The van der Waals surface area contributed by atoms with Gasteiger partial charge in [0.2, 0.25) is 5.76 Å². The fourth-order valence-electron chi connectivity index (χ4n) is 2.34. The van der Waals surface area contributed by atoms with E-state index in [2.05, 4.69) is 0 Å². The smallest absolute Gasteiger partial charge is 0.371 e. The molecule has 1 saturated carbocycles. The van der Waals surface area contributed by atoms with Gasteiger partial charge >= 0.3 is 5.97 Å². The first-order valence-electron chi connectivity index (χ1n) is 6.64. The van der Waals surface area contributed by atoms with Crippen LogP contribution in [0.4, 0.5) is 0 Å². The number of hydrogen-bond donors (Lipinski definition) is 1. The molecular formula is C15H16Cl2O3. The number of rotatable bonds is 4. The molecule has 0 radical (unpaired) electrons. The Hall–Kier alpha value is -1.19. The lowest BCUT2D eigenvalue weighted by molar-refractivity contribution is -0.135. The third-order valence-electron chi connectivity index (χ3n) is 3.36. The number of halogens is 2. The van der Waals surface area contributed by atoms with Gasteiger partial charge in [-0.3, -0.25) is 0 Å². The highest BCUT2D eigenvalue weighted by molar-refractivity contribution is 6.35. The number of ether oxygens (including phenoxy) is 1. The Morgan fingerprint density at radius 2 is 1.95 bits per heavy atom. The molecule has 20 heavy (non-hydrogen) atoms. The first kappa shape index (κ1) is 15.2. The van der Waals surface area contributed by atoms with E-state index in [4.69, 9.17) is 27.9 Å². The largest absolute Gasteiger partial charge is 0.475 e. The maximum absolute atomic E-state index is 11.3. The molecule has 0 spiro atoms. The van der Waals surface area contributed by atoms with Crippen molar-refractivity contribution in [2.45, 2.75) is 32.1 Å². The summed E-state index contributed by atoms with van der Waals surface area (Å²) in [6, 6.07) is 4.71. The van der Waals surface area contributed by atoms with Gasteiger partial charge in [-0.15, -0.1) is 0 Å². The third-order valence-corrected chi connectivity index (χ3v) is 3.89. The zero-order chi connectivity index (χ0) is 14.5. The van der Waals surface area contributed by atoms with Crippen LogP contribution in [0.3, 0.4) is 0 Å². The van der Waals surface area contributed by atoms with Gasteiger partial charge in [0.25, 0.3) is 0 Å². The Balaban J connectivity index is 2.16. The predicted molar refractivity (Wildman–Crippen MR) is 79.4 cm³/mol. The zero-order valence-corrected chi connectivity index (χ0v) is 12.5. The van der Waals surface area contributed by atoms with Crippen LogP contribution >= 0.6 is 23.2 Å². The molecule has 0 unspecified atom stereocenters.